The maximum absolute atomic E-state index is 12.7. The van der Waals surface area contributed by atoms with E-state index in [1.807, 2.05) is 17.5 Å². The van der Waals surface area contributed by atoms with Crippen molar-refractivity contribution >= 4 is 63.8 Å². The molecule has 0 saturated carbocycles. The van der Waals surface area contributed by atoms with Crippen LogP contribution in [0.25, 0.3) is 6.08 Å². The van der Waals surface area contributed by atoms with Gasteiger partial charge >= 0.3 is 0 Å². The topological polar surface area (TPSA) is 49.4 Å². The molecule has 2 amide bonds. The number of hydrogen-bond acceptors (Lipinski definition) is 4. The summed E-state index contributed by atoms with van der Waals surface area (Å²) in [5.41, 5.74) is 0.465. The van der Waals surface area contributed by atoms with Gasteiger partial charge in [0.15, 0.2) is 5.11 Å². The van der Waals surface area contributed by atoms with Crippen molar-refractivity contribution in [3.63, 3.8) is 0 Å². The fourth-order valence-corrected chi connectivity index (χ4v) is 3.18. The lowest BCUT2D eigenvalue weighted by atomic mass is 10.1. The number of halogens is 1. The number of thiophene rings is 1. The van der Waals surface area contributed by atoms with Crippen LogP contribution in [0.15, 0.2) is 47.4 Å². The van der Waals surface area contributed by atoms with Crippen LogP contribution in [0.3, 0.4) is 0 Å². The van der Waals surface area contributed by atoms with Gasteiger partial charge in [0.05, 0.1) is 10.7 Å². The Labute approximate surface area is 141 Å². The second-order valence-corrected chi connectivity index (χ2v) is 6.20. The van der Waals surface area contributed by atoms with Crippen molar-refractivity contribution in [1.29, 1.82) is 0 Å². The highest BCUT2D eigenvalue weighted by molar-refractivity contribution is 7.80. The number of benzene rings is 1. The number of thiocarbonyl (C=S) groups is 1. The van der Waals surface area contributed by atoms with Gasteiger partial charge in [-0.15, -0.1) is 11.3 Å². The fourth-order valence-electron chi connectivity index (χ4n) is 2.02. The predicted octanol–water partition coefficient (Wildman–Crippen LogP) is 3.23. The van der Waals surface area contributed by atoms with Crippen LogP contribution in [0.5, 0.6) is 0 Å². The molecule has 1 aliphatic rings. The zero-order valence-electron chi connectivity index (χ0n) is 11.1. The molecule has 3 rings (SSSR count). The SMILES string of the molecule is O=C1NC(=S)N(c2ccccc2Cl)C(=O)/C1=C/c1cccs1. The lowest BCUT2D eigenvalue weighted by molar-refractivity contribution is -0.122. The third-order valence-electron chi connectivity index (χ3n) is 3.02. The number of nitrogens with one attached hydrogen (secondary N) is 1. The van der Waals surface area contributed by atoms with Crippen LogP contribution in [0.4, 0.5) is 5.69 Å². The van der Waals surface area contributed by atoms with Gasteiger partial charge in [-0.2, -0.15) is 0 Å². The molecule has 1 aromatic heterocycles. The molecule has 2 heterocycles. The van der Waals surface area contributed by atoms with Gasteiger partial charge in [-0.25, -0.2) is 0 Å². The second-order valence-electron chi connectivity index (χ2n) is 4.42. The summed E-state index contributed by atoms with van der Waals surface area (Å²) in [5.74, 6) is -0.998. The molecule has 1 saturated heterocycles. The molecule has 1 N–H and O–H groups in total. The molecule has 2 aromatic rings. The Kier molecular flexibility index (Phi) is 4.06. The molecule has 0 radical (unpaired) electrons. The van der Waals surface area contributed by atoms with Crippen LogP contribution in [-0.2, 0) is 9.59 Å². The first-order chi connectivity index (χ1) is 10.6. The monoisotopic (exact) mass is 348 g/mol. The average Bonchev–Trinajstić information content (AvgIpc) is 2.98. The molecule has 7 heteroatoms. The van der Waals surface area contributed by atoms with Crippen molar-refractivity contribution in [2.24, 2.45) is 0 Å². The summed E-state index contributed by atoms with van der Waals surface area (Å²) in [6.45, 7) is 0. The van der Waals surface area contributed by atoms with Gasteiger partial charge in [-0.3, -0.25) is 19.8 Å². The fraction of sp³-hybridized carbons (Fsp3) is 0. The Balaban J connectivity index is 2.05. The van der Waals surface area contributed by atoms with Crippen molar-refractivity contribution in [1.82, 2.24) is 5.32 Å². The Morgan fingerprint density at radius 2 is 1.95 bits per heavy atom. The van der Waals surface area contributed by atoms with E-state index < -0.39 is 11.8 Å². The highest BCUT2D eigenvalue weighted by atomic mass is 35.5. The molecule has 0 atom stereocenters. The minimum atomic E-state index is -0.508. The van der Waals surface area contributed by atoms with E-state index in [9.17, 15) is 9.59 Å². The zero-order valence-corrected chi connectivity index (χ0v) is 13.5. The predicted molar refractivity (Wildman–Crippen MR) is 92.0 cm³/mol. The third-order valence-corrected chi connectivity index (χ3v) is 4.45. The molecule has 110 valence electrons. The largest absolute Gasteiger partial charge is 0.298 e. The van der Waals surface area contributed by atoms with E-state index >= 15 is 0 Å². The number of rotatable bonds is 2. The summed E-state index contributed by atoms with van der Waals surface area (Å²) in [7, 11) is 0. The van der Waals surface area contributed by atoms with Crippen molar-refractivity contribution < 1.29 is 9.59 Å². The maximum atomic E-state index is 12.7. The molecule has 1 fully saturated rings. The normalized spacial score (nSPS) is 17.0. The molecule has 0 bridgehead atoms. The zero-order chi connectivity index (χ0) is 15.7. The number of para-hydroxylation sites is 1. The molecule has 22 heavy (non-hydrogen) atoms. The minimum Gasteiger partial charge on any atom is -0.298 e. The standard InChI is InChI=1S/C15H9ClN2O2S2/c16-11-5-1-2-6-12(11)18-14(20)10(13(19)17-15(18)21)8-9-4-3-7-22-9/h1-8H,(H,17,19,21)/b10-8+. The minimum absolute atomic E-state index is 0.0198. The van der Waals surface area contributed by atoms with Gasteiger partial charge in [0.1, 0.15) is 5.57 Å². The van der Waals surface area contributed by atoms with Crippen LogP contribution in [-0.4, -0.2) is 16.9 Å². The van der Waals surface area contributed by atoms with E-state index in [-0.39, 0.29) is 10.7 Å². The third kappa shape index (κ3) is 2.68. The van der Waals surface area contributed by atoms with Gasteiger partial charge < -0.3 is 0 Å². The molecule has 4 nitrogen and oxygen atoms in total. The van der Waals surface area contributed by atoms with Crippen LogP contribution in [0.2, 0.25) is 5.02 Å². The smallest absolute Gasteiger partial charge is 0.270 e. The number of anilines is 1. The summed E-state index contributed by atoms with van der Waals surface area (Å²) >= 11 is 12.7. The average molecular weight is 349 g/mol. The van der Waals surface area contributed by atoms with E-state index in [1.54, 1.807) is 30.3 Å². The van der Waals surface area contributed by atoms with Crippen molar-refractivity contribution in [3.8, 4) is 0 Å². The molecular weight excluding hydrogens is 340 g/mol. The van der Waals surface area contributed by atoms with Crippen LogP contribution < -0.4 is 10.2 Å². The first-order valence-corrected chi connectivity index (χ1v) is 7.94. The number of carbonyl (C=O) groups excluding carboxylic acids is 2. The number of carbonyl (C=O) groups is 2. The highest BCUT2D eigenvalue weighted by Gasteiger charge is 2.35. The molecule has 0 spiro atoms. The highest BCUT2D eigenvalue weighted by Crippen LogP contribution is 2.29. The second kappa shape index (κ2) is 6.00. The molecular formula is C15H9ClN2O2S2. The van der Waals surface area contributed by atoms with E-state index in [2.05, 4.69) is 5.32 Å². The lowest BCUT2D eigenvalue weighted by Gasteiger charge is -2.29. The van der Waals surface area contributed by atoms with Gasteiger partial charge in [0.2, 0.25) is 0 Å². The van der Waals surface area contributed by atoms with Gasteiger partial charge in [-0.1, -0.05) is 29.8 Å². The van der Waals surface area contributed by atoms with E-state index in [0.717, 1.165) is 4.88 Å². The Morgan fingerprint density at radius 3 is 2.64 bits per heavy atom. The van der Waals surface area contributed by atoms with Crippen LogP contribution >= 0.6 is 35.2 Å². The molecule has 1 aromatic carbocycles. The summed E-state index contributed by atoms with van der Waals surface area (Å²) in [4.78, 5) is 26.8. The van der Waals surface area contributed by atoms with Gasteiger partial charge in [0.25, 0.3) is 11.8 Å². The molecule has 1 aliphatic heterocycles. The Hall–Kier alpha value is -2.02. The van der Waals surface area contributed by atoms with Crippen LogP contribution in [0, 0.1) is 0 Å². The summed E-state index contributed by atoms with van der Waals surface area (Å²) < 4.78 is 0. The van der Waals surface area contributed by atoms with Crippen molar-refractivity contribution in [3.05, 3.63) is 57.3 Å². The van der Waals surface area contributed by atoms with E-state index in [4.69, 9.17) is 23.8 Å². The van der Waals surface area contributed by atoms with Crippen LogP contribution in [0.1, 0.15) is 4.88 Å². The first-order valence-electron chi connectivity index (χ1n) is 6.27. The number of nitrogens with zero attached hydrogens (tertiary/aromatic N) is 1. The lowest BCUT2D eigenvalue weighted by Crippen LogP contribution is -2.54. The summed E-state index contributed by atoms with van der Waals surface area (Å²) in [6.07, 6.45) is 1.55. The molecule has 0 aliphatic carbocycles. The summed E-state index contributed by atoms with van der Waals surface area (Å²) in [5, 5.41) is 4.79. The summed E-state index contributed by atoms with van der Waals surface area (Å²) in [6, 6.07) is 10.5. The quantitative estimate of drug-likeness (QED) is 0.515. The van der Waals surface area contributed by atoms with E-state index in [0.29, 0.717) is 10.7 Å². The number of hydrogen-bond donors (Lipinski definition) is 1. The maximum Gasteiger partial charge on any atom is 0.270 e. The Morgan fingerprint density at radius 1 is 1.18 bits per heavy atom. The Bertz CT molecular complexity index is 800. The first kappa shape index (κ1) is 14.9. The van der Waals surface area contributed by atoms with Gasteiger partial charge in [0, 0.05) is 4.88 Å². The van der Waals surface area contributed by atoms with Crippen molar-refractivity contribution in [2.45, 2.75) is 0 Å². The van der Waals surface area contributed by atoms with E-state index in [1.165, 1.54) is 16.2 Å². The van der Waals surface area contributed by atoms with Crippen molar-refractivity contribution in [2.75, 3.05) is 4.90 Å². The van der Waals surface area contributed by atoms with Gasteiger partial charge in [-0.05, 0) is 41.9 Å². The molecule has 0 unspecified atom stereocenters. The number of amides is 2.